The molecule has 4 aliphatic rings. The van der Waals surface area contributed by atoms with Crippen molar-refractivity contribution in [2.45, 2.75) is 62.9 Å². The topological polar surface area (TPSA) is 105 Å². The molecular weight excluding hydrogens is 391 g/mol. The monoisotopic (exact) mass is 420 g/mol. The first-order valence-corrected chi connectivity index (χ1v) is 11.6. The molecular formula is C18H29FN2O6S. The van der Waals surface area contributed by atoms with Gasteiger partial charge < -0.3 is 14.6 Å². The first kappa shape index (κ1) is 20.5. The van der Waals surface area contributed by atoms with E-state index in [1.165, 1.54) is 0 Å². The molecule has 0 radical (unpaired) electrons. The van der Waals surface area contributed by atoms with Crippen LogP contribution < -0.4 is 4.72 Å². The third kappa shape index (κ3) is 4.07. The van der Waals surface area contributed by atoms with Crippen molar-refractivity contribution in [3.8, 4) is 0 Å². The van der Waals surface area contributed by atoms with Crippen LogP contribution in [0.3, 0.4) is 0 Å². The van der Waals surface area contributed by atoms with Crippen LogP contribution in [0.4, 0.5) is 4.39 Å². The summed E-state index contributed by atoms with van der Waals surface area (Å²) >= 11 is 0. The molecule has 2 saturated heterocycles. The SMILES string of the molecule is O=C1CN(C2C(O)CC3CCC(OCC4CCOCC4)CC3C2F)S(=O)(=O)N1. The van der Waals surface area contributed by atoms with E-state index in [2.05, 4.69) is 0 Å². The average molecular weight is 421 g/mol. The molecule has 6 atom stereocenters. The van der Waals surface area contributed by atoms with Crippen molar-refractivity contribution >= 4 is 16.1 Å². The minimum atomic E-state index is -4.09. The van der Waals surface area contributed by atoms with Crippen molar-refractivity contribution < 1.29 is 32.2 Å². The molecule has 2 aliphatic heterocycles. The second-order valence-corrected chi connectivity index (χ2v) is 10.2. The second kappa shape index (κ2) is 8.14. The summed E-state index contributed by atoms with van der Waals surface area (Å²) in [5.74, 6) is -0.575. The maximum atomic E-state index is 15.4. The highest BCUT2D eigenvalue weighted by molar-refractivity contribution is 7.88. The summed E-state index contributed by atoms with van der Waals surface area (Å²) < 4.78 is 53.8. The predicted octanol–water partition coefficient (Wildman–Crippen LogP) is 0.362. The Labute approximate surface area is 164 Å². The zero-order valence-electron chi connectivity index (χ0n) is 15.8. The Bertz CT molecular complexity index is 686. The van der Waals surface area contributed by atoms with Crippen LogP contribution in [0.15, 0.2) is 0 Å². The molecule has 0 aromatic carbocycles. The number of aliphatic hydroxyl groups is 1. The van der Waals surface area contributed by atoms with Gasteiger partial charge in [0, 0.05) is 19.8 Å². The van der Waals surface area contributed by atoms with Crippen LogP contribution in [0.25, 0.3) is 0 Å². The van der Waals surface area contributed by atoms with E-state index in [0.29, 0.717) is 25.4 Å². The lowest BCUT2D eigenvalue weighted by molar-refractivity contribution is -0.121. The zero-order chi connectivity index (χ0) is 19.9. The molecule has 0 aromatic heterocycles. The van der Waals surface area contributed by atoms with Gasteiger partial charge in [-0.3, -0.25) is 4.79 Å². The fraction of sp³-hybridized carbons (Fsp3) is 0.944. The number of halogens is 1. The molecule has 0 aromatic rings. The molecule has 2 N–H and O–H groups in total. The Hall–Kier alpha value is -0.810. The van der Waals surface area contributed by atoms with Crippen LogP contribution in [-0.2, 0) is 24.5 Å². The first-order valence-electron chi connectivity index (χ1n) is 10.2. The van der Waals surface area contributed by atoms with Crippen molar-refractivity contribution in [2.24, 2.45) is 17.8 Å². The van der Waals surface area contributed by atoms with Gasteiger partial charge in [0.15, 0.2) is 0 Å². The van der Waals surface area contributed by atoms with Gasteiger partial charge in [-0.2, -0.15) is 12.7 Å². The van der Waals surface area contributed by atoms with Gasteiger partial charge in [0.1, 0.15) is 6.17 Å². The molecule has 0 bridgehead atoms. The number of aliphatic hydroxyl groups excluding tert-OH is 1. The maximum Gasteiger partial charge on any atom is 0.304 e. The van der Waals surface area contributed by atoms with Gasteiger partial charge in [-0.25, -0.2) is 9.11 Å². The van der Waals surface area contributed by atoms with Gasteiger partial charge in [-0.1, -0.05) is 0 Å². The summed E-state index contributed by atoms with van der Waals surface area (Å²) in [5, 5.41) is 10.5. The number of rotatable bonds is 4. The normalized spacial score (nSPS) is 42.1. The Kier molecular flexibility index (Phi) is 5.95. The summed E-state index contributed by atoms with van der Waals surface area (Å²) in [4.78, 5) is 11.5. The molecule has 4 fully saturated rings. The van der Waals surface area contributed by atoms with Gasteiger partial charge in [-0.15, -0.1) is 0 Å². The second-order valence-electron chi connectivity index (χ2n) is 8.56. The Morgan fingerprint density at radius 1 is 1.21 bits per heavy atom. The standard InChI is InChI=1S/C18H29FN2O6S/c19-17-14-8-13(27-10-11-3-5-26-6-4-11)2-1-12(14)7-15(22)18(17)21-9-16(23)20-28(21,24)25/h11-15,17-18,22H,1-10H2,(H,20,23). The Morgan fingerprint density at radius 2 is 1.96 bits per heavy atom. The number of fused-ring (bicyclic) bond motifs is 1. The first-order chi connectivity index (χ1) is 13.3. The largest absolute Gasteiger partial charge is 0.391 e. The minimum Gasteiger partial charge on any atom is -0.391 e. The van der Waals surface area contributed by atoms with E-state index in [-0.39, 0.29) is 17.9 Å². The minimum absolute atomic E-state index is 0.0122. The number of carbonyl (C=O) groups is 1. The molecule has 160 valence electrons. The predicted molar refractivity (Wildman–Crippen MR) is 97.2 cm³/mol. The smallest absolute Gasteiger partial charge is 0.304 e. The molecule has 0 spiro atoms. The lowest BCUT2D eigenvalue weighted by Crippen LogP contribution is -2.59. The van der Waals surface area contributed by atoms with Crippen LogP contribution in [0, 0.1) is 17.8 Å². The number of carbonyl (C=O) groups excluding carboxylic acids is 1. The number of ether oxygens (including phenoxy) is 2. The van der Waals surface area contributed by atoms with E-state index in [4.69, 9.17) is 9.47 Å². The lowest BCUT2D eigenvalue weighted by Gasteiger charge is -2.47. The number of hydrogen-bond donors (Lipinski definition) is 2. The van der Waals surface area contributed by atoms with Crippen LogP contribution in [0.2, 0.25) is 0 Å². The van der Waals surface area contributed by atoms with Gasteiger partial charge in [0.25, 0.3) is 0 Å². The highest BCUT2D eigenvalue weighted by Gasteiger charge is 2.53. The number of amides is 1. The molecule has 10 heteroatoms. The van der Waals surface area contributed by atoms with E-state index in [9.17, 15) is 18.3 Å². The van der Waals surface area contributed by atoms with E-state index in [1.54, 1.807) is 0 Å². The summed E-state index contributed by atoms with van der Waals surface area (Å²) in [6.45, 7) is 1.72. The van der Waals surface area contributed by atoms with Crippen molar-refractivity contribution in [3.05, 3.63) is 0 Å². The molecule has 8 nitrogen and oxygen atoms in total. The van der Waals surface area contributed by atoms with Crippen molar-refractivity contribution in [1.82, 2.24) is 9.03 Å². The quantitative estimate of drug-likeness (QED) is 0.681. The molecule has 4 rings (SSSR count). The zero-order valence-corrected chi connectivity index (χ0v) is 16.7. The Morgan fingerprint density at radius 3 is 2.64 bits per heavy atom. The number of nitrogens with one attached hydrogen (secondary N) is 1. The van der Waals surface area contributed by atoms with E-state index in [1.807, 2.05) is 4.72 Å². The van der Waals surface area contributed by atoms with Crippen LogP contribution >= 0.6 is 0 Å². The lowest BCUT2D eigenvalue weighted by atomic mass is 9.66. The third-order valence-electron chi connectivity index (χ3n) is 6.77. The summed E-state index contributed by atoms with van der Waals surface area (Å²) in [6, 6.07) is -1.22. The van der Waals surface area contributed by atoms with Crippen molar-refractivity contribution in [2.75, 3.05) is 26.4 Å². The van der Waals surface area contributed by atoms with Crippen LogP contribution in [0.5, 0.6) is 0 Å². The van der Waals surface area contributed by atoms with Gasteiger partial charge in [0.2, 0.25) is 5.91 Å². The van der Waals surface area contributed by atoms with E-state index < -0.39 is 41.0 Å². The number of alkyl halides is 1. The molecule has 2 saturated carbocycles. The number of hydrogen-bond acceptors (Lipinski definition) is 6. The summed E-state index contributed by atoms with van der Waals surface area (Å²) in [6.07, 6.45) is 1.74. The van der Waals surface area contributed by atoms with E-state index >= 15 is 4.39 Å². The summed E-state index contributed by atoms with van der Waals surface area (Å²) in [7, 11) is -4.09. The average Bonchev–Trinajstić information content (AvgIpc) is 2.93. The molecule has 2 heterocycles. The highest BCUT2D eigenvalue weighted by Crippen LogP contribution is 2.45. The molecule has 28 heavy (non-hydrogen) atoms. The van der Waals surface area contributed by atoms with Crippen molar-refractivity contribution in [3.63, 3.8) is 0 Å². The molecule has 6 unspecified atom stereocenters. The summed E-state index contributed by atoms with van der Waals surface area (Å²) in [5.41, 5.74) is 0. The maximum absolute atomic E-state index is 15.4. The van der Waals surface area contributed by atoms with Crippen LogP contribution in [-0.4, -0.2) is 74.5 Å². The van der Waals surface area contributed by atoms with Gasteiger partial charge in [0.05, 0.1) is 24.8 Å². The third-order valence-corrected chi connectivity index (χ3v) is 8.24. The fourth-order valence-corrected chi connectivity index (χ4v) is 6.57. The molecule has 1 amide bonds. The van der Waals surface area contributed by atoms with Crippen molar-refractivity contribution in [1.29, 1.82) is 0 Å². The number of nitrogens with zero attached hydrogens (tertiary/aromatic N) is 1. The highest BCUT2D eigenvalue weighted by atomic mass is 32.2. The Balaban J connectivity index is 1.40. The van der Waals surface area contributed by atoms with Gasteiger partial charge in [-0.05, 0) is 56.3 Å². The van der Waals surface area contributed by atoms with E-state index in [0.717, 1.165) is 43.2 Å². The fourth-order valence-electron chi connectivity index (χ4n) is 5.24. The molecule has 2 aliphatic carbocycles. The van der Waals surface area contributed by atoms with Gasteiger partial charge >= 0.3 is 10.2 Å². The van der Waals surface area contributed by atoms with Crippen LogP contribution in [0.1, 0.15) is 38.5 Å².